The second-order valence-corrected chi connectivity index (χ2v) is 11.1. The van der Waals surface area contributed by atoms with E-state index in [-0.39, 0.29) is 0 Å². The minimum Gasteiger partial charge on any atom is -0.385 e. The van der Waals surface area contributed by atoms with Gasteiger partial charge >= 0.3 is 0 Å². The molecule has 0 unspecified atom stereocenters. The minimum absolute atomic E-state index is 0.875. The van der Waals surface area contributed by atoms with E-state index in [1.807, 2.05) is 0 Å². The minimum atomic E-state index is -1.42. The first-order valence-electron chi connectivity index (χ1n) is 8.49. The Morgan fingerprint density at radius 1 is 0.737 bits per heavy atom. The summed E-state index contributed by atoms with van der Waals surface area (Å²) in [4.78, 5) is 0. The molecule has 2 rings (SSSR count). The van der Waals surface area contributed by atoms with E-state index in [2.05, 4.69) is 13.8 Å². The Balaban J connectivity index is 2.13. The fourth-order valence-corrected chi connectivity index (χ4v) is 10.4. The average Bonchev–Trinajstić information content (AvgIpc) is 3.12. The molecule has 0 N–H and O–H groups in total. The molecule has 0 aromatic rings. The Morgan fingerprint density at radius 2 is 1.11 bits per heavy atom. The molecule has 112 valence electrons. The van der Waals surface area contributed by atoms with Crippen molar-refractivity contribution in [1.82, 2.24) is 0 Å². The lowest BCUT2D eigenvalue weighted by molar-refractivity contribution is 0.156. The molecule has 2 aliphatic carbocycles. The van der Waals surface area contributed by atoms with Gasteiger partial charge in [-0.1, -0.05) is 51.4 Å². The van der Waals surface area contributed by atoms with Crippen LogP contribution in [0.1, 0.15) is 65.2 Å². The van der Waals surface area contributed by atoms with Gasteiger partial charge in [0.05, 0.1) is 0 Å². The van der Waals surface area contributed by atoms with Crippen LogP contribution in [0.4, 0.5) is 0 Å². The fraction of sp³-hybridized carbons (Fsp3) is 1.00. The van der Waals surface area contributed by atoms with Crippen LogP contribution in [0.3, 0.4) is 0 Å². The smallest absolute Gasteiger partial charge is 0.119 e. The predicted octanol–water partition coefficient (Wildman–Crippen LogP) is 4.48. The van der Waals surface area contributed by atoms with Crippen LogP contribution in [-0.2, 0) is 9.47 Å². The van der Waals surface area contributed by atoms with Gasteiger partial charge in [0.15, 0.2) is 0 Å². The highest BCUT2D eigenvalue weighted by Crippen LogP contribution is 2.50. The lowest BCUT2D eigenvalue weighted by atomic mass is 10.3. The van der Waals surface area contributed by atoms with E-state index < -0.39 is 8.07 Å². The summed E-state index contributed by atoms with van der Waals surface area (Å²) in [6.45, 7) is 6.03. The largest absolute Gasteiger partial charge is 0.385 e. The molecule has 0 aromatic heterocycles. The maximum absolute atomic E-state index is 6.00. The summed E-state index contributed by atoms with van der Waals surface area (Å²) < 4.78 is 12.0. The van der Waals surface area contributed by atoms with Gasteiger partial charge in [-0.05, 0) is 24.9 Å². The van der Waals surface area contributed by atoms with Crippen molar-refractivity contribution in [3.8, 4) is 0 Å². The summed E-state index contributed by atoms with van der Waals surface area (Å²) in [6.07, 6.45) is 13.8. The zero-order valence-corrected chi connectivity index (χ0v) is 14.0. The van der Waals surface area contributed by atoms with Gasteiger partial charge in [0.2, 0.25) is 0 Å². The topological polar surface area (TPSA) is 18.5 Å². The molecule has 3 heteroatoms. The highest BCUT2D eigenvalue weighted by molar-refractivity contribution is 6.82. The summed E-state index contributed by atoms with van der Waals surface area (Å²) in [5.74, 6) is 0. The summed E-state index contributed by atoms with van der Waals surface area (Å²) >= 11 is 0. The van der Waals surface area contributed by atoms with Gasteiger partial charge in [-0.15, -0.1) is 0 Å². The zero-order valence-electron chi connectivity index (χ0n) is 13.0. The third-order valence-corrected chi connectivity index (χ3v) is 11.4. The lowest BCUT2D eigenvalue weighted by Crippen LogP contribution is -2.53. The maximum Gasteiger partial charge on any atom is 0.119 e. The third-order valence-electron chi connectivity index (χ3n) is 5.49. The molecule has 0 bridgehead atoms. The lowest BCUT2D eigenvalue weighted by Gasteiger charge is -2.41. The SMILES string of the molecule is CCOC[Si](COCC)(C1CCCC1)C1CCCC1. The first-order chi connectivity index (χ1) is 9.33. The number of hydrogen-bond donors (Lipinski definition) is 0. The van der Waals surface area contributed by atoms with Crippen molar-refractivity contribution in [2.24, 2.45) is 0 Å². The van der Waals surface area contributed by atoms with E-state index in [0.717, 1.165) is 36.8 Å². The predicted molar refractivity (Wildman–Crippen MR) is 83.2 cm³/mol. The van der Waals surface area contributed by atoms with Crippen LogP contribution in [0.2, 0.25) is 11.1 Å². The summed E-state index contributed by atoms with van der Waals surface area (Å²) in [6, 6.07) is 0. The van der Waals surface area contributed by atoms with E-state index in [0.29, 0.717) is 0 Å². The maximum atomic E-state index is 6.00. The molecule has 0 atom stereocenters. The van der Waals surface area contributed by atoms with Crippen LogP contribution < -0.4 is 0 Å². The van der Waals surface area contributed by atoms with Gasteiger partial charge < -0.3 is 9.47 Å². The summed E-state index contributed by atoms with van der Waals surface area (Å²) in [5.41, 5.74) is 1.96. The van der Waals surface area contributed by atoms with Gasteiger partial charge in [-0.2, -0.15) is 0 Å². The molecule has 2 aliphatic rings. The van der Waals surface area contributed by atoms with Crippen LogP contribution >= 0.6 is 0 Å². The van der Waals surface area contributed by atoms with Crippen molar-refractivity contribution >= 4 is 8.07 Å². The Labute approximate surface area is 120 Å². The summed E-state index contributed by atoms with van der Waals surface area (Å²) in [7, 11) is -1.42. The molecule has 0 aliphatic heterocycles. The van der Waals surface area contributed by atoms with Crippen molar-refractivity contribution in [3.63, 3.8) is 0 Å². The first-order valence-corrected chi connectivity index (χ1v) is 11.1. The van der Waals surface area contributed by atoms with Crippen LogP contribution in [0.25, 0.3) is 0 Å². The molecule has 2 saturated carbocycles. The molecule has 0 radical (unpaired) electrons. The van der Waals surface area contributed by atoms with E-state index in [1.165, 1.54) is 51.4 Å². The van der Waals surface area contributed by atoms with E-state index in [9.17, 15) is 0 Å². The third kappa shape index (κ3) is 3.62. The standard InChI is InChI=1S/C16H32O2Si/c1-3-17-13-19(14-18-4-2,15-9-5-6-10-15)16-11-7-8-12-16/h15-16H,3-14H2,1-2H3. The van der Waals surface area contributed by atoms with Gasteiger partial charge in [-0.25, -0.2) is 0 Å². The molecule has 0 amide bonds. The highest BCUT2D eigenvalue weighted by Gasteiger charge is 2.49. The molecule has 0 saturated heterocycles. The van der Waals surface area contributed by atoms with Crippen LogP contribution in [0.15, 0.2) is 0 Å². The van der Waals surface area contributed by atoms with Gasteiger partial charge in [-0.3, -0.25) is 0 Å². The van der Waals surface area contributed by atoms with E-state index >= 15 is 0 Å². The Morgan fingerprint density at radius 3 is 1.42 bits per heavy atom. The number of ether oxygens (including phenoxy) is 2. The zero-order chi connectivity index (χ0) is 13.6. The quantitative estimate of drug-likeness (QED) is 0.612. The molecular weight excluding hydrogens is 252 g/mol. The van der Waals surface area contributed by atoms with Gasteiger partial charge in [0.1, 0.15) is 8.07 Å². The number of rotatable bonds is 8. The first kappa shape index (κ1) is 15.5. The molecule has 2 nitrogen and oxygen atoms in total. The van der Waals surface area contributed by atoms with Crippen LogP contribution in [0, 0.1) is 0 Å². The Bertz CT molecular complexity index is 219. The number of hydrogen-bond acceptors (Lipinski definition) is 2. The van der Waals surface area contributed by atoms with Crippen molar-refractivity contribution in [3.05, 3.63) is 0 Å². The van der Waals surface area contributed by atoms with Crippen molar-refractivity contribution in [1.29, 1.82) is 0 Å². The molecule has 0 heterocycles. The second-order valence-electron chi connectivity index (χ2n) is 6.47. The second kappa shape index (κ2) is 7.80. The van der Waals surface area contributed by atoms with Crippen LogP contribution in [0.5, 0.6) is 0 Å². The van der Waals surface area contributed by atoms with Gasteiger partial charge in [0.25, 0.3) is 0 Å². The normalized spacial score (nSPS) is 22.4. The molecule has 0 spiro atoms. The summed E-state index contributed by atoms with van der Waals surface area (Å²) in [5, 5.41) is 0. The highest BCUT2D eigenvalue weighted by atomic mass is 28.3. The monoisotopic (exact) mass is 284 g/mol. The fourth-order valence-electron chi connectivity index (χ4n) is 4.43. The van der Waals surface area contributed by atoms with Crippen LogP contribution in [-0.4, -0.2) is 33.7 Å². The van der Waals surface area contributed by atoms with Crippen molar-refractivity contribution in [2.45, 2.75) is 76.3 Å². The van der Waals surface area contributed by atoms with E-state index in [1.54, 1.807) is 0 Å². The molecule has 0 aromatic carbocycles. The molecule has 19 heavy (non-hydrogen) atoms. The Hall–Kier alpha value is 0.137. The van der Waals surface area contributed by atoms with Gasteiger partial charge in [0, 0.05) is 25.7 Å². The molecule has 2 fully saturated rings. The Kier molecular flexibility index (Phi) is 6.37. The van der Waals surface area contributed by atoms with E-state index in [4.69, 9.17) is 9.47 Å². The van der Waals surface area contributed by atoms with Crippen molar-refractivity contribution in [2.75, 3.05) is 25.7 Å². The molecular formula is C16H32O2Si. The average molecular weight is 285 g/mol. The van der Waals surface area contributed by atoms with Crippen molar-refractivity contribution < 1.29 is 9.47 Å².